The molecule has 2 aromatic heterocycles. The van der Waals surface area contributed by atoms with Gasteiger partial charge in [0.1, 0.15) is 0 Å². The van der Waals surface area contributed by atoms with E-state index in [1.165, 1.54) is 0 Å². The van der Waals surface area contributed by atoms with Crippen LogP contribution in [0.5, 0.6) is 0 Å². The lowest BCUT2D eigenvalue weighted by atomic mass is 10.1. The van der Waals surface area contributed by atoms with E-state index in [9.17, 15) is 0 Å². The van der Waals surface area contributed by atoms with Crippen molar-refractivity contribution in [1.82, 2.24) is 9.97 Å². The lowest BCUT2D eigenvalue weighted by Gasteiger charge is -2.04. The number of halogens is 1. The minimum absolute atomic E-state index is 0.737. The van der Waals surface area contributed by atoms with Gasteiger partial charge in [-0.15, -0.1) is 0 Å². The average Bonchev–Trinajstić information content (AvgIpc) is 2.15. The molecule has 0 unspecified atom stereocenters. The van der Waals surface area contributed by atoms with Crippen molar-refractivity contribution in [1.29, 1.82) is 0 Å². The summed E-state index contributed by atoms with van der Waals surface area (Å²) in [6.07, 6.45) is 1.74. The first-order chi connectivity index (χ1) is 6.20. The molecule has 0 N–H and O–H groups in total. The number of hydrogen-bond donors (Lipinski definition) is 0. The normalized spacial score (nSPS) is 10.7. The molecule has 0 radical (unpaired) electrons. The van der Waals surface area contributed by atoms with Crippen LogP contribution >= 0.6 is 11.6 Å². The van der Waals surface area contributed by atoms with E-state index < -0.39 is 0 Å². The number of nitrogens with zero attached hydrogens (tertiary/aromatic N) is 2. The molecule has 0 aliphatic heterocycles. The van der Waals surface area contributed by atoms with Gasteiger partial charge in [0.2, 0.25) is 0 Å². The number of pyridine rings is 2. The molecule has 13 heavy (non-hydrogen) atoms. The number of aryl methyl sites for hydroxylation is 2. The van der Waals surface area contributed by atoms with Crippen molar-refractivity contribution >= 4 is 22.6 Å². The molecule has 3 heteroatoms. The Morgan fingerprint density at radius 3 is 2.85 bits per heavy atom. The van der Waals surface area contributed by atoms with Crippen LogP contribution in [0.2, 0.25) is 5.02 Å². The highest BCUT2D eigenvalue weighted by Gasteiger charge is 2.06. The topological polar surface area (TPSA) is 25.8 Å². The van der Waals surface area contributed by atoms with E-state index in [1.54, 1.807) is 6.20 Å². The monoisotopic (exact) mass is 192 g/mol. The molecule has 0 aliphatic carbocycles. The first kappa shape index (κ1) is 8.45. The predicted molar refractivity (Wildman–Crippen MR) is 54.0 cm³/mol. The Kier molecular flexibility index (Phi) is 1.93. The second kappa shape index (κ2) is 2.96. The molecular formula is C10H9ClN2. The third-order valence-electron chi connectivity index (χ3n) is 2.11. The Morgan fingerprint density at radius 2 is 2.08 bits per heavy atom. The van der Waals surface area contributed by atoms with E-state index in [-0.39, 0.29) is 0 Å². The van der Waals surface area contributed by atoms with Crippen LogP contribution in [-0.2, 0) is 0 Å². The number of hydrogen-bond acceptors (Lipinski definition) is 2. The lowest BCUT2D eigenvalue weighted by Crippen LogP contribution is -1.91. The SMILES string of the molecule is Cc1nc2ncccc2c(C)c1Cl. The van der Waals surface area contributed by atoms with Crippen LogP contribution in [0.1, 0.15) is 11.3 Å². The summed E-state index contributed by atoms with van der Waals surface area (Å²) in [5.74, 6) is 0. The molecule has 0 atom stereocenters. The van der Waals surface area contributed by atoms with Crippen LogP contribution in [-0.4, -0.2) is 9.97 Å². The molecule has 2 rings (SSSR count). The van der Waals surface area contributed by atoms with Gasteiger partial charge in [-0.25, -0.2) is 9.97 Å². The second-order valence-corrected chi connectivity index (χ2v) is 3.39. The molecular weight excluding hydrogens is 184 g/mol. The number of rotatable bonds is 0. The molecule has 0 aromatic carbocycles. The smallest absolute Gasteiger partial charge is 0.159 e. The Labute approximate surface area is 81.6 Å². The Morgan fingerprint density at radius 1 is 1.31 bits per heavy atom. The van der Waals surface area contributed by atoms with E-state index in [4.69, 9.17) is 11.6 Å². The maximum Gasteiger partial charge on any atom is 0.159 e. The fourth-order valence-electron chi connectivity index (χ4n) is 1.38. The maximum atomic E-state index is 6.07. The zero-order valence-corrected chi connectivity index (χ0v) is 8.26. The molecule has 0 bridgehead atoms. The number of aromatic nitrogens is 2. The highest BCUT2D eigenvalue weighted by molar-refractivity contribution is 6.32. The summed E-state index contributed by atoms with van der Waals surface area (Å²) in [6, 6.07) is 3.87. The second-order valence-electron chi connectivity index (χ2n) is 3.01. The zero-order valence-electron chi connectivity index (χ0n) is 7.50. The molecule has 2 aromatic rings. The largest absolute Gasteiger partial charge is 0.237 e. The van der Waals surface area contributed by atoms with Crippen LogP contribution in [0.4, 0.5) is 0 Å². The Hall–Kier alpha value is -1.15. The van der Waals surface area contributed by atoms with Crippen LogP contribution in [0.15, 0.2) is 18.3 Å². The van der Waals surface area contributed by atoms with Gasteiger partial charge in [-0.3, -0.25) is 0 Å². The molecule has 0 aliphatic rings. The van der Waals surface area contributed by atoms with Gasteiger partial charge in [0.15, 0.2) is 5.65 Å². The third-order valence-corrected chi connectivity index (χ3v) is 2.67. The van der Waals surface area contributed by atoms with Gasteiger partial charge in [0.25, 0.3) is 0 Å². The Bertz CT molecular complexity index is 466. The van der Waals surface area contributed by atoms with Crippen molar-refractivity contribution in [2.75, 3.05) is 0 Å². The summed E-state index contributed by atoms with van der Waals surface area (Å²) in [5.41, 5.74) is 2.66. The van der Waals surface area contributed by atoms with E-state index in [0.29, 0.717) is 0 Å². The molecule has 0 saturated carbocycles. The maximum absolute atomic E-state index is 6.07. The van der Waals surface area contributed by atoms with Gasteiger partial charge in [-0.1, -0.05) is 11.6 Å². The summed E-state index contributed by atoms with van der Waals surface area (Å²) in [4.78, 5) is 8.47. The highest BCUT2D eigenvalue weighted by Crippen LogP contribution is 2.24. The van der Waals surface area contributed by atoms with Crippen LogP contribution < -0.4 is 0 Å². The van der Waals surface area contributed by atoms with Crippen molar-refractivity contribution in [3.8, 4) is 0 Å². The van der Waals surface area contributed by atoms with Crippen LogP contribution in [0.25, 0.3) is 11.0 Å². The van der Waals surface area contributed by atoms with Gasteiger partial charge in [0, 0.05) is 11.6 Å². The average molecular weight is 193 g/mol. The van der Waals surface area contributed by atoms with E-state index in [1.807, 2.05) is 26.0 Å². The van der Waals surface area contributed by atoms with Gasteiger partial charge in [-0.2, -0.15) is 0 Å². The predicted octanol–water partition coefficient (Wildman–Crippen LogP) is 2.90. The van der Waals surface area contributed by atoms with Gasteiger partial charge in [-0.05, 0) is 31.5 Å². The summed E-state index contributed by atoms with van der Waals surface area (Å²) in [6.45, 7) is 3.88. The zero-order chi connectivity index (χ0) is 9.42. The molecule has 66 valence electrons. The Balaban J connectivity index is 2.94. The summed E-state index contributed by atoms with van der Waals surface area (Å²) >= 11 is 6.07. The fraction of sp³-hybridized carbons (Fsp3) is 0.200. The van der Waals surface area contributed by atoms with E-state index in [0.717, 1.165) is 27.3 Å². The number of fused-ring (bicyclic) bond motifs is 1. The lowest BCUT2D eigenvalue weighted by molar-refractivity contribution is 1.19. The molecule has 0 saturated heterocycles. The fourth-order valence-corrected chi connectivity index (χ4v) is 1.52. The van der Waals surface area contributed by atoms with Crippen molar-refractivity contribution in [2.45, 2.75) is 13.8 Å². The van der Waals surface area contributed by atoms with Crippen LogP contribution in [0.3, 0.4) is 0 Å². The summed E-state index contributed by atoms with van der Waals surface area (Å²) in [5, 5.41) is 1.76. The minimum atomic E-state index is 0.737. The molecule has 2 nitrogen and oxygen atoms in total. The summed E-state index contributed by atoms with van der Waals surface area (Å²) < 4.78 is 0. The van der Waals surface area contributed by atoms with Gasteiger partial charge in [0.05, 0.1) is 10.7 Å². The quantitative estimate of drug-likeness (QED) is 0.642. The first-order valence-corrected chi connectivity index (χ1v) is 4.45. The van der Waals surface area contributed by atoms with Crippen molar-refractivity contribution in [3.05, 3.63) is 34.6 Å². The van der Waals surface area contributed by atoms with Crippen LogP contribution in [0, 0.1) is 13.8 Å². The molecule has 0 spiro atoms. The molecule has 0 fully saturated rings. The van der Waals surface area contributed by atoms with Gasteiger partial charge < -0.3 is 0 Å². The highest BCUT2D eigenvalue weighted by atomic mass is 35.5. The van der Waals surface area contributed by atoms with Crippen molar-refractivity contribution < 1.29 is 0 Å². The minimum Gasteiger partial charge on any atom is -0.237 e. The standard InChI is InChI=1S/C10H9ClN2/c1-6-8-4-3-5-12-10(8)13-7(2)9(6)11/h3-5H,1-2H3. The molecule has 2 heterocycles. The van der Waals surface area contributed by atoms with E-state index in [2.05, 4.69) is 9.97 Å². The third kappa shape index (κ3) is 1.27. The molecule has 0 amide bonds. The first-order valence-electron chi connectivity index (χ1n) is 4.07. The summed E-state index contributed by atoms with van der Waals surface area (Å²) in [7, 11) is 0. The van der Waals surface area contributed by atoms with Crippen molar-refractivity contribution in [3.63, 3.8) is 0 Å². The van der Waals surface area contributed by atoms with Crippen molar-refractivity contribution in [2.24, 2.45) is 0 Å². The van der Waals surface area contributed by atoms with Gasteiger partial charge >= 0.3 is 0 Å². The van der Waals surface area contributed by atoms with E-state index >= 15 is 0 Å².